The Morgan fingerprint density at radius 1 is 0.872 bits per heavy atom. The smallest absolute Gasteiger partial charge is 0.227 e. The van der Waals surface area contributed by atoms with Crippen molar-refractivity contribution in [3.05, 3.63) is 79.5 Å². The maximum atomic E-state index is 12.7. The molecular formula is C30H26N8O. The van der Waals surface area contributed by atoms with Gasteiger partial charge in [0, 0.05) is 58.1 Å². The second-order valence-electron chi connectivity index (χ2n) is 9.86. The zero-order valence-electron chi connectivity index (χ0n) is 21.1. The van der Waals surface area contributed by atoms with Crippen LogP contribution in [0, 0.1) is 5.92 Å². The Morgan fingerprint density at radius 2 is 1.72 bits per heavy atom. The van der Waals surface area contributed by atoms with E-state index >= 15 is 0 Å². The number of amides is 1. The number of aromatic nitrogens is 6. The van der Waals surface area contributed by atoms with E-state index in [1.807, 2.05) is 24.3 Å². The van der Waals surface area contributed by atoms with E-state index in [9.17, 15) is 4.79 Å². The van der Waals surface area contributed by atoms with Crippen molar-refractivity contribution in [1.29, 1.82) is 0 Å². The molecule has 1 amide bonds. The van der Waals surface area contributed by atoms with Gasteiger partial charge in [-0.15, -0.1) is 0 Å². The number of benzene rings is 1. The van der Waals surface area contributed by atoms with Crippen LogP contribution in [-0.2, 0) is 4.79 Å². The molecule has 4 N–H and O–H groups in total. The molecule has 0 radical (unpaired) electrons. The Kier molecular flexibility index (Phi) is 5.82. The molecule has 0 saturated carbocycles. The summed E-state index contributed by atoms with van der Waals surface area (Å²) in [5.41, 5.74) is 8.14. The Labute approximate surface area is 224 Å². The molecule has 1 aliphatic rings. The zero-order chi connectivity index (χ0) is 26.2. The molecule has 0 unspecified atom stereocenters. The lowest BCUT2D eigenvalue weighted by Gasteiger charge is -2.21. The largest absolute Gasteiger partial charge is 0.353 e. The maximum absolute atomic E-state index is 12.7. The summed E-state index contributed by atoms with van der Waals surface area (Å²) < 4.78 is 0. The van der Waals surface area contributed by atoms with Gasteiger partial charge in [-0.3, -0.25) is 19.9 Å². The van der Waals surface area contributed by atoms with Gasteiger partial charge in [-0.05, 0) is 73.5 Å². The summed E-state index contributed by atoms with van der Waals surface area (Å²) >= 11 is 0. The van der Waals surface area contributed by atoms with E-state index in [0.717, 1.165) is 75.9 Å². The van der Waals surface area contributed by atoms with Gasteiger partial charge in [-0.2, -0.15) is 5.10 Å². The van der Waals surface area contributed by atoms with Crippen LogP contribution in [0.15, 0.2) is 79.5 Å². The number of H-pyrrole nitrogens is 2. The van der Waals surface area contributed by atoms with Crippen molar-refractivity contribution in [3.8, 4) is 33.6 Å². The average molecular weight is 515 g/mol. The van der Waals surface area contributed by atoms with Gasteiger partial charge in [0.05, 0.1) is 23.3 Å². The van der Waals surface area contributed by atoms with Crippen molar-refractivity contribution in [2.24, 2.45) is 5.92 Å². The first-order chi connectivity index (χ1) is 19.2. The molecule has 1 saturated heterocycles. The van der Waals surface area contributed by atoms with Crippen molar-refractivity contribution in [2.45, 2.75) is 12.8 Å². The summed E-state index contributed by atoms with van der Waals surface area (Å²) in [6.45, 7) is 1.74. The second-order valence-corrected chi connectivity index (χ2v) is 9.86. The minimum Gasteiger partial charge on any atom is -0.353 e. The highest BCUT2D eigenvalue weighted by Crippen LogP contribution is 2.34. The molecule has 6 aromatic rings. The van der Waals surface area contributed by atoms with E-state index in [2.05, 4.69) is 65.0 Å². The summed E-state index contributed by atoms with van der Waals surface area (Å²) in [4.78, 5) is 29.4. The van der Waals surface area contributed by atoms with E-state index in [-0.39, 0.29) is 11.8 Å². The van der Waals surface area contributed by atoms with Gasteiger partial charge >= 0.3 is 0 Å². The fraction of sp³-hybridized carbons (Fsp3) is 0.167. The number of nitrogens with zero attached hydrogens (tertiary/aromatic N) is 4. The Bertz CT molecular complexity index is 1800. The van der Waals surface area contributed by atoms with Crippen molar-refractivity contribution >= 4 is 33.5 Å². The van der Waals surface area contributed by atoms with Gasteiger partial charge in [0.1, 0.15) is 0 Å². The third kappa shape index (κ3) is 4.42. The number of piperidine rings is 1. The highest BCUT2D eigenvalue weighted by molar-refractivity contribution is 6.01. The molecule has 0 aliphatic carbocycles. The highest BCUT2D eigenvalue weighted by atomic mass is 16.1. The summed E-state index contributed by atoms with van der Waals surface area (Å²) in [5.74, 6) is 0.0721. The number of hydrogen-bond acceptors (Lipinski definition) is 6. The van der Waals surface area contributed by atoms with Crippen LogP contribution in [0.5, 0.6) is 0 Å². The lowest BCUT2D eigenvalue weighted by Crippen LogP contribution is -2.34. The van der Waals surface area contributed by atoms with Crippen LogP contribution >= 0.6 is 0 Å². The molecule has 9 nitrogen and oxygen atoms in total. The third-order valence-electron chi connectivity index (χ3n) is 7.38. The maximum Gasteiger partial charge on any atom is 0.227 e. The molecule has 6 heterocycles. The van der Waals surface area contributed by atoms with E-state index in [0.29, 0.717) is 11.3 Å². The van der Waals surface area contributed by atoms with Crippen LogP contribution in [0.1, 0.15) is 12.8 Å². The van der Waals surface area contributed by atoms with E-state index in [1.54, 1.807) is 31.0 Å². The number of carbonyl (C=O) groups is 1. The number of hydrogen-bond donors (Lipinski definition) is 4. The first-order valence-corrected chi connectivity index (χ1v) is 13.1. The SMILES string of the molecule is O=C(Nc1cncc(-c2cnc3n[nH]c(-c4cc5c(-c6ccncc6)cccc5[nH]4)c3c2)c1)C1CCNCC1. The quantitative estimate of drug-likeness (QED) is 0.252. The minimum atomic E-state index is 0.0248. The predicted molar refractivity (Wildman–Crippen MR) is 152 cm³/mol. The average Bonchev–Trinajstić information content (AvgIpc) is 3.62. The topological polar surface area (TPSA) is 124 Å². The molecule has 1 aromatic carbocycles. The number of rotatable bonds is 5. The van der Waals surface area contributed by atoms with Gasteiger partial charge in [0.25, 0.3) is 0 Å². The van der Waals surface area contributed by atoms with Gasteiger partial charge in [-0.1, -0.05) is 12.1 Å². The Balaban J connectivity index is 1.23. The molecular weight excluding hydrogens is 488 g/mol. The molecule has 7 rings (SSSR count). The Morgan fingerprint density at radius 3 is 2.59 bits per heavy atom. The van der Waals surface area contributed by atoms with Crippen molar-refractivity contribution in [1.82, 2.24) is 35.5 Å². The normalized spacial score (nSPS) is 14.2. The van der Waals surface area contributed by atoms with Crippen LogP contribution in [0.3, 0.4) is 0 Å². The predicted octanol–water partition coefficient (Wildman–Crippen LogP) is 5.17. The molecule has 5 aromatic heterocycles. The number of fused-ring (bicyclic) bond motifs is 2. The number of aromatic amines is 2. The van der Waals surface area contributed by atoms with Crippen molar-refractivity contribution < 1.29 is 4.79 Å². The third-order valence-corrected chi connectivity index (χ3v) is 7.38. The summed E-state index contributed by atoms with van der Waals surface area (Å²) in [7, 11) is 0. The molecule has 192 valence electrons. The molecule has 0 spiro atoms. The van der Waals surface area contributed by atoms with Crippen LogP contribution in [-0.4, -0.2) is 49.1 Å². The van der Waals surface area contributed by atoms with E-state index in [1.165, 1.54) is 0 Å². The van der Waals surface area contributed by atoms with Crippen LogP contribution in [0.2, 0.25) is 0 Å². The van der Waals surface area contributed by atoms with Gasteiger partial charge < -0.3 is 15.6 Å². The fourth-order valence-electron chi connectivity index (χ4n) is 5.33. The number of nitrogens with one attached hydrogen (secondary N) is 4. The highest BCUT2D eigenvalue weighted by Gasteiger charge is 2.21. The molecule has 1 aliphatic heterocycles. The van der Waals surface area contributed by atoms with Crippen LogP contribution in [0.4, 0.5) is 5.69 Å². The zero-order valence-corrected chi connectivity index (χ0v) is 21.1. The monoisotopic (exact) mass is 514 g/mol. The van der Waals surface area contributed by atoms with Crippen LogP contribution in [0.25, 0.3) is 55.6 Å². The first kappa shape index (κ1) is 23.2. The second kappa shape index (κ2) is 9.77. The summed E-state index contributed by atoms with van der Waals surface area (Å²) in [5, 5.41) is 16.0. The van der Waals surface area contributed by atoms with Gasteiger partial charge in [0.2, 0.25) is 5.91 Å². The lowest BCUT2D eigenvalue weighted by molar-refractivity contribution is -0.120. The summed E-state index contributed by atoms with van der Waals surface area (Å²) in [6, 6.07) is 16.4. The molecule has 0 atom stereocenters. The van der Waals surface area contributed by atoms with E-state index in [4.69, 9.17) is 0 Å². The van der Waals surface area contributed by atoms with E-state index < -0.39 is 0 Å². The van der Waals surface area contributed by atoms with Gasteiger partial charge in [-0.25, -0.2) is 4.98 Å². The number of anilines is 1. The molecule has 9 heteroatoms. The fourth-order valence-corrected chi connectivity index (χ4v) is 5.33. The van der Waals surface area contributed by atoms with Crippen molar-refractivity contribution in [3.63, 3.8) is 0 Å². The van der Waals surface area contributed by atoms with Gasteiger partial charge in [0.15, 0.2) is 5.65 Å². The molecule has 0 bridgehead atoms. The summed E-state index contributed by atoms with van der Waals surface area (Å²) in [6.07, 6.45) is 10.6. The lowest BCUT2D eigenvalue weighted by atomic mass is 9.97. The first-order valence-electron chi connectivity index (χ1n) is 13.1. The molecule has 1 fully saturated rings. The van der Waals surface area contributed by atoms with Crippen molar-refractivity contribution in [2.75, 3.05) is 18.4 Å². The standard InChI is InChI=1S/C30H26N8O/c39-30(19-6-10-32-11-7-19)35-22-12-20(15-33-17-22)21-13-25-28(37-38-29(25)34-16-21)27-14-24-23(2-1-3-26(24)36-27)18-4-8-31-9-5-18/h1-5,8-9,12-17,19,32,36H,6-7,10-11H2,(H,35,39)(H,34,37,38). The minimum absolute atomic E-state index is 0.0248. The van der Waals surface area contributed by atoms with Crippen LogP contribution < -0.4 is 10.6 Å². The number of carbonyl (C=O) groups excluding carboxylic acids is 1. The Hall–Kier alpha value is -4.89. The molecule has 39 heavy (non-hydrogen) atoms. The number of pyridine rings is 3.